The van der Waals surface area contributed by atoms with Crippen LogP contribution in [0.3, 0.4) is 0 Å². The van der Waals surface area contributed by atoms with Crippen molar-refractivity contribution in [1.29, 1.82) is 0 Å². The number of thioether (sulfide) groups is 1. The van der Waals surface area contributed by atoms with Gasteiger partial charge in [-0.15, -0.1) is 5.10 Å². The number of hydrogen-bond donors (Lipinski definition) is 0. The minimum absolute atomic E-state index is 0.0890. The summed E-state index contributed by atoms with van der Waals surface area (Å²) < 4.78 is 74.1. The van der Waals surface area contributed by atoms with Crippen molar-refractivity contribution < 1.29 is 26.7 Å². The van der Waals surface area contributed by atoms with Crippen LogP contribution in [0.25, 0.3) is 5.69 Å². The van der Waals surface area contributed by atoms with E-state index in [0.29, 0.717) is 29.8 Å². The highest BCUT2D eigenvalue weighted by molar-refractivity contribution is 7.98. The predicted molar refractivity (Wildman–Crippen MR) is 86.1 cm³/mol. The Morgan fingerprint density at radius 2 is 1.59 bits per heavy atom. The minimum atomic E-state index is -2.20. The molecular formula is C16H11F5N4OS. The van der Waals surface area contributed by atoms with Crippen molar-refractivity contribution in [2.45, 2.75) is 17.8 Å². The molecule has 1 aromatic heterocycles. The first-order valence-electron chi connectivity index (χ1n) is 7.59. The van der Waals surface area contributed by atoms with Crippen LogP contribution in [-0.2, 0) is 5.75 Å². The van der Waals surface area contributed by atoms with Gasteiger partial charge in [0.15, 0.2) is 23.3 Å². The summed E-state index contributed by atoms with van der Waals surface area (Å²) >= 11 is 0.716. The van der Waals surface area contributed by atoms with Gasteiger partial charge in [-0.2, -0.15) is 4.68 Å². The fourth-order valence-corrected chi connectivity index (χ4v) is 3.12. The second kappa shape index (κ2) is 7.91. The topological polar surface area (TPSA) is 52.8 Å². The van der Waals surface area contributed by atoms with Crippen LogP contribution in [0.2, 0.25) is 0 Å². The molecule has 0 aliphatic carbocycles. The summed E-state index contributed by atoms with van der Waals surface area (Å²) in [5.74, 6) is -10.1. The minimum Gasteiger partial charge on any atom is -0.492 e. The SMILES string of the molecule is CCOc1ccccc1-n1nnnc1SCc1c(F)c(F)c(F)c(F)c1F. The fourth-order valence-electron chi connectivity index (χ4n) is 2.24. The molecule has 1 heterocycles. The van der Waals surface area contributed by atoms with Crippen molar-refractivity contribution in [2.75, 3.05) is 6.61 Å². The van der Waals surface area contributed by atoms with Crippen molar-refractivity contribution in [1.82, 2.24) is 20.2 Å². The molecule has 2 aromatic carbocycles. The second-order valence-corrected chi connectivity index (χ2v) is 6.05. The number of nitrogens with zero attached hydrogens (tertiary/aromatic N) is 4. The molecule has 3 rings (SSSR count). The number of halogens is 5. The van der Waals surface area contributed by atoms with E-state index in [4.69, 9.17) is 4.74 Å². The Hall–Kier alpha value is -2.69. The molecule has 0 radical (unpaired) electrons. The molecule has 27 heavy (non-hydrogen) atoms. The van der Waals surface area contributed by atoms with E-state index in [2.05, 4.69) is 15.5 Å². The molecule has 0 aliphatic rings. The van der Waals surface area contributed by atoms with E-state index < -0.39 is 40.4 Å². The average molecular weight is 402 g/mol. The summed E-state index contributed by atoms with van der Waals surface area (Å²) in [7, 11) is 0. The van der Waals surface area contributed by atoms with Crippen molar-refractivity contribution in [3.8, 4) is 11.4 Å². The molecular weight excluding hydrogens is 391 g/mol. The molecule has 0 atom stereocenters. The van der Waals surface area contributed by atoms with Gasteiger partial charge in [-0.3, -0.25) is 0 Å². The number of ether oxygens (including phenoxy) is 1. The molecule has 0 saturated heterocycles. The quantitative estimate of drug-likeness (QED) is 0.270. The highest BCUT2D eigenvalue weighted by Gasteiger charge is 2.26. The van der Waals surface area contributed by atoms with E-state index in [0.717, 1.165) is 0 Å². The van der Waals surface area contributed by atoms with E-state index in [-0.39, 0.29) is 5.16 Å². The standard InChI is InChI=1S/C16H11F5N4OS/c1-2-26-10-6-4-3-5-9(10)25-16(22-23-24-25)27-7-8-11(17)13(19)15(21)14(20)12(8)18/h3-6H,2,7H2,1H3. The first-order valence-corrected chi connectivity index (χ1v) is 8.57. The Kier molecular flexibility index (Phi) is 5.59. The van der Waals surface area contributed by atoms with Gasteiger partial charge in [-0.05, 0) is 29.5 Å². The third kappa shape index (κ3) is 3.59. The predicted octanol–water partition coefficient (Wildman–Crippen LogP) is 4.05. The Labute approximate surface area is 154 Å². The molecule has 0 saturated carbocycles. The number of rotatable bonds is 6. The van der Waals surface area contributed by atoms with Crippen LogP contribution >= 0.6 is 11.8 Å². The third-order valence-corrected chi connectivity index (χ3v) is 4.43. The number of hydrogen-bond acceptors (Lipinski definition) is 5. The molecule has 0 fully saturated rings. The summed E-state index contributed by atoms with van der Waals surface area (Å²) in [4.78, 5) is 0. The van der Waals surface area contributed by atoms with Crippen LogP contribution in [0.15, 0.2) is 29.4 Å². The zero-order valence-electron chi connectivity index (χ0n) is 13.7. The van der Waals surface area contributed by atoms with E-state index in [1.54, 1.807) is 31.2 Å². The van der Waals surface area contributed by atoms with Gasteiger partial charge in [0.1, 0.15) is 11.4 Å². The van der Waals surface area contributed by atoms with Gasteiger partial charge < -0.3 is 4.74 Å². The lowest BCUT2D eigenvalue weighted by atomic mass is 10.2. The lowest BCUT2D eigenvalue weighted by molar-refractivity contribution is 0.337. The molecule has 0 N–H and O–H groups in total. The van der Waals surface area contributed by atoms with Crippen LogP contribution in [0.5, 0.6) is 5.75 Å². The van der Waals surface area contributed by atoms with E-state index >= 15 is 0 Å². The Morgan fingerprint density at radius 1 is 0.963 bits per heavy atom. The van der Waals surface area contributed by atoms with Crippen molar-refractivity contribution in [2.24, 2.45) is 0 Å². The molecule has 142 valence electrons. The van der Waals surface area contributed by atoms with Gasteiger partial charge in [-0.25, -0.2) is 22.0 Å². The maximum Gasteiger partial charge on any atom is 0.214 e. The van der Waals surface area contributed by atoms with Crippen LogP contribution in [0.1, 0.15) is 12.5 Å². The Balaban J connectivity index is 1.92. The van der Waals surface area contributed by atoms with Gasteiger partial charge in [0.25, 0.3) is 0 Å². The summed E-state index contributed by atoms with van der Waals surface area (Å²) in [5.41, 5.74) is -0.492. The van der Waals surface area contributed by atoms with Gasteiger partial charge in [0.05, 0.1) is 6.61 Å². The lowest BCUT2D eigenvalue weighted by Crippen LogP contribution is -2.07. The zero-order chi connectivity index (χ0) is 19.6. The van der Waals surface area contributed by atoms with Crippen LogP contribution < -0.4 is 4.74 Å². The second-order valence-electron chi connectivity index (χ2n) is 5.11. The van der Waals surface area contributed by atoms with E-state index in [1.165, 1.54) is 4.68 Å². The highest BCUT2D eigenvalue weighted by atomic mass is 32.2. The molecule has 0 spiro atoms. The highest BCUT2D eigenvalue weighted by Crippen LogP contribution is 2.31. The normalized spacial score (nSPS) is 11.0. The van der Waals surface area contributed by atoms with Crippen molar-refractivity contribution in [3.05, 3.63) is 58.9 Å². The van der Waals surface area contributed by atoms with Crippen LogP contribution in [0.4, 0.5) is 22.0 Å². The maximum atomic E-state index is 13.8. The molecule has 0 bridgehead atoms. The number of aromatic nitrogens is 4. The lowest BCUT2D eigenvalue weighted by Gasteiger charge is -2.11. The third-order valence-electron chi connectivity index (χ3n) is 3.48. The van der Waals surface area contributed by atoms with Gasteiger partial charge >= 0.3 is 0 Å². The molecule has 5 nitrogen and oxygen atoms in total. The molecule has 0 amide bonds. The average Bonchev–Trinajstić information content (AvgIpc) is 3.14. The van der Waals surface area contributed by atoms with Gasteiger partial charge in [0, 0.05) is 11.3 Å². The Morgan fingerprint density at radius 3 is 2.26 bits per heavy atom. The Bertz CT molecular complexity index is 952. The van der Waals surface area contributed by atoms with Crippen molar-refractivity contribution >= 4 is 11.8 Å². The summed E-state index contributed by atoms with van der Waals surface area (Å²) in [6, 6.07) is 6.78. The van der Waals surface area contributed by atoms with Gasteiger partial charge in [0.2, 0.25) is 11.0 Å². The molecule has 11 heteroatoms. The summed E-state index contributed by atoms with van der Waals surface area (Å²) in [5, 5.41) is 11.1. The number of tetrazole rings is 1. The fraction of sp³-hybridized carbons (Fsp3) is 0.188. The summed E-state index contributed by atoms with van der Waals surface area (Å²) in [6.07, 6.45) is 0. The maximum absolute atomic E-state index is 13.8. The van der Waals surface area contributed by atoms with E-state index in [1.807, 2.05) is 0 Å². The van der Waals surface area contributed by atoms with Crippen LogP contribution in [0, 0.1) is 29.1 Å². The van der Waals surface area contributed by atoms with Gasteiger partial charge in [-0.1, -0.05) is 23.9 Å². The first-order chi connectivity index (χ1) is 13.0. The molecule has 0 unspecified atom stereocenters. The smallest absolute Gasteiger partial charge is 0.214 e. The number of para-hydroxylation sites is 2. The van der Waals surface area contributed by atoms with E-state index in [9.17, 15) is 22.0 Å². The first kappa shape index (κ1) is 19.1. The summed E-state index contributed by atoms with van der Waals surface area (Å²) in [6.45, 7) is 2.17. The zero-order valence-corrected chi connectivity index (χ0v) is 14.5. The van der Waals surface area contributed by atoms with Crippen molar-refractivity contribution in [3.63, 3.8) is 0 Å². The molecule has 0 aliphatic heterocycles. The monoisotopic (exact) mass is 402 g/mol. The molecule has 3 aromatic rings. The largest absolute Gasteiger partial charge is 0.492 e. The number of benzene rings is 2. The van der Waals surface area contributed by atoms with Crippen LogP contribution in [-0.4, -0.2) is 26.8 Å².